The monoisotopic (exact) mass is 289 g/mol. The molecule has 0 aliphatic heterocycles. The van der Waals surface area contributed by atoms with Crippen molar-refractivity contribution in [1.82, 2.24) is 10.1 Å². The molecule has 0 spiro atoms. The first-order valence-electron chi connectivity index (χ1n) is 5.73. The van der Waals surface area contributed by atoms with Gasteiger partial charge in [0.15, 0.2) is 5.58 Å². The summed E-state index contributed by atoms with van der Waals surface area (Å²) in [5.74, 6) is 0.501. The van der Waals surface area contributed by atoms with E-state index in [0.29, 0.717) is 22.1 Å². The standard InChI is InChI=1S/C12H11N5O2S/c1-6-7-2-3-9(18)8(11(7)19-17-6)4-14-16-12-15-10(13)5-20-12/h2-5,18H,13H2,1H3,(H,15,16). The van der Waals surface area contributed by atoms with E-state index in [1.54, 1.807) is 17.5 Å². The van der Waals surface area contributed by atoms with Gasteiger partial charge in [0.05, 0.1) is 17.5 Å². The minimum Gasteiger partial charge on any atom is -0.507 e. The summed E-state index contributed by atoms with van der Waals surface area (Å²) in [5, 5.41) is 20.9. The smallest absolute Gasteiger partial charge is 0.205 e. The molecular weight excluding hydrogens is 278 g/mol. The van der Waals surface area contributed by atoms with Crippen molar-refractivity contribution in [2.75, 3.05) is 11.2 Å². The second-order valence-corrected chi connectivity index (χ2v) is 4.95. The summed E-state index contributed by atoms with van der Waals surface area (Å²) in [6.45, 7) is 1.83. The molecule has 0 amide bonds. The molecule has 0 bridgehead atoms. The van der Waals surface area contributed by atoms with E-state index in [4.69, 9.17) is 10.3 Å². The lowest BCUT2D eigenvalue weighted by Crippen LogP contribution is -1.92. The molecule has 0 aliphatic carbocycles. The van der Waals surface area contributed by atoms with Crippen LogP contribution >= 0.6 is 11.3 Å². The molecule has 1 aromatic carbocycles. The van der Waals surface area contributed by atoms with Crippen LogP contribution < -0.4 is 11.2 Å². The van der Waals surface area contributed by atoms with Gasteiger partial charge in [-0.3, -0.25) is 5.43 Å². The van der Waals surface area contributed by atoms with E-state index in [2.05, 4.69) is 20.7 Å². The fourth-order valence-electron chi connectivity index (χ4n) is 1.75. The van der Waals surface area contributed by atoms with Gasteiger partial charge in [0.2, 0.25) is 5.13 Å². The molecule has 0 saturated heterocycles. The van der Waals surface area contributed by atoms with Crippen LogP contribution in [0.4, 0.5) is 10.9 Å². The molecular formula is C12H11N5O2S. The number of hydrogen-bond donors (Lipinski definition) is 3. The Morgan fingerprint density at radius 2 is 2.35 bits per heavy atom. The molecule has 7 nitrogen and oxygen atoms in total. The first-order chi connectivity index (χ1) is 9.65. The molecule has 0 aliphatic rings. The Bertz CT molecular complexity index is 792. The van der Waals surface area contributed by atoms with Crippen LogP contribution in [-0.2, 0) is 0 Å². The SMILES string of the molecule is Cc1noc2c(C=NNc3nc(N)cs3)c(O)ccc12. The molecule has 102 valence electrons. The number of hydrogen-bond acceptors (Lipinski definition) is 8. The van der Waals surface area contributed by atoms with Crippen molar-refractivity contribution in [2.24, 2.45) is 5.10 Å². The number of nitrogens with one attached hydrogen (secondary N) is 1. The molecule has 3 aromatic rings. The Hall–Kier alpha value is -2.61. The number of aryl methyl sites for hydroxylation is 1. The fourth-order valence-corrected chi connectivity index (χ4v) is 2.30. The molecule has 0 fully saturated rings. The van der Waals surface area contributed by atoms with Crippen molar-refractivity contribution >= 4 is 39.5 Å². The maximum absolute atomic E-state index is 9.88. The zero-order valence-electron chi connectivity index (χ0n) is 10.5. The van der Waals surface area contributed by atoms with Crippen LogP contribution in [0.25, 0.3) is 11.0 Å². The number of fused-ring (bicyclic) bond motifs is 1. The second-order valence-electron chi connectivity index (χ2n) is 4.09. The average molecular weight is 289 g/mol. The summed E-state index contributed by atoms with van der Waals surface area (Å²) in [6, 6.07) is 3.33. The van der Waals surface area contributed by atoms with Crippen molar-refractivity contribution in [2.45, 2.75) is 6.92 Å². The number of nitrogens with zero attached hydrogens (tertiary/aromatic N) is 3. The largest absolute Gasteiger partial charge is 0.507 e. The first kappa shape index (κ1) is 12.4. The minimum absolute atomic E-state index is 0.0675. The molecule has 2 aromatic heterocycles. The van der Waals surface area contributed by atoms with Crippen molar-refractivity contribution in [3.8, 4) is 5.75 Å². The van der Waals surface area contributed by atoms with Crippen LogP contribution in [0.3, 0.4) is 0 Å². The Labute approximate surface area is 117 Å². The molecule has 2 heterocycles. The van der Waals surface area contributed by atoms with Crippen LogP contribution in [0.15, 0.2) is 27.1 Å². The van der Waals surface area contributed by atoms with Gasteiger partial charge in [-0.05, 0) is 19.1 Å². The summed E-state index contributed by atoms with van der Waals surface area (Å²) in [6.07, 6.45) is 1.46. The zero-order chi connectivity index (χ0) is 14.1. The Morgan fingerprint density at radius 1 is 1.50 bits per heavy atom. The lowest BCUT2D eigenvalue weighted by Gasteiger charge is -1.99. The number of anilines is 2. The van der Waals surface area contributed by atoms with E-state index >= 15 is 0 Å². The van der Waals surface area contributed by atoms with E-state index < -0.39 is 0 Å². The summed E-state index contributed by atoms with van der Waals surface area (Å²) in [4.78, 5) is 4.00. The minimum atomic E-state index is 0.0675. The topological polar surface area (TPSA) is 110 Å². The van der Waals surface area contributed by atoms with Crippen molar-refractivity contribution < 1.29 is 9.63 Å². The quantitative estimate of drug-likeness (QED) is 0.504. The highest BCUT2D eigenvalue weighted by Crippen LogP contribution is 2.27. The molecule has 0 saturated carbocycles. The number of hydrazone groups is 1. The summed E-state index contributed by atoms with van der Waals surface area (Å²) < 4.78 is 5.21. The zero-order valence-corrected chi connectivity index (χ0v) is 11.3. The number of thiazole rings is 1. The maximum atomic E-state index is 9.88. The first-order valence-corrected chi connectivity index (χ1v) is 6.61. The van der Waals surface area contributed by atoms with Gasteiger partial charge in [-0.15, -0.1) is 11.3 Å². The highest BCUT2D eigenvalue weighted by molar-refractivity contribution is 7.14. The number of aromatic hydroxyl groups is 1. The highest BCUT2D eigenvalue weighted by Gasteiger charge is 2.11. The molecule has 4 N–H and O–H groups in total. The predicted molar refractivity (Wildman–Crippen MR) is 78.2 cm³/mol. The van der Waals surface area contributed by atoms with E-state index in [9.17, 15) is 5.11 Å². The summed E-state index contributed by atoms with van der Waals surface area (Å²) in [7, 11) is 0. The van der Waals surface area contributed by atoms with Crippen LogP contribution in [-0.4, -0.2) is 21.5 Å². The lowest BCUT2D eigenvalue weighted by molar-refractivity contribution is 0.443. The van der Waals surface area contributed by atoms with Crippen LogP contribution in [0, 0.1) is 6.92 Å². The van der Waals surface area contributed by atoms with E-state index in [0.717, 1.165) is 11.1 Å². The number of rotatable bonds is 3. The Balaban J connectivity index is 1.91. The number of benzene rings is 1. The van der Waals surface area contributed by atoms with Crippen LogP contribution in [0.5, 0.6) is 5.75 Å². The van der Waals surface area contributed by atoms with Gasteiger partial charge >= 0.3 is 0 Å². The van der Waals surface area contributed by atoms with Crippen LogP contribution in [0.1, 0.15) is 11.3 Å². The van der Waals surface area contributed by atoms with Gasteiger partial charge in [-0.1, -0.05) is 5.16 Å². The van der Waals surface area contributed by atoms with Gasteiger partial charge < -0.3 is 15.4 Å². The van der Waals surface area contributed by atoms with Gasteiger partial charge in [0.1, 0.15) is 11.6 Å². The summed E-state index contributed by atoms with van der Waals surface area (Å²) >= 11 is 1.34. The molecule has 0 atom stereocenters. The molecule has 3 rings (SSSR count). The van der Waals surface area contributed by atoms with Gasteiger partial charge in [0, 0.05) is 10.8 Å². The van der Waals surface area contributed by atoms with E-state index in [1.165, 1.54) is 17.6 Å². The molecule has 8 heteroatoms. The predicted octanol–water partition coefficient (Wildman–Crippen LogP) is 2.33. The van der Waals surface area contributed by atoms with Gasteiger partial charge in [-0.25, -0.2) is 4.98 Å². The third-order valence-corrected chi connectivity index (χ3v) is 3.48. The number of nitrogen functional groups attached to an aromatic ring is 1. The number of aromatic nitrogens is 2. The third kappa shape index (κ3) is 2.16. The molecule has 0 unspecified atom stereocenters. The highest BCUT2D eigenvalue weighted by atomic mass is 32.1. The Kier molecular flexibility index (Phi) is 2.99. The molecule has 20 heavy (non-hydrogen) atoms. The molecule has 0 radical (unpaired) electrons. The maximum Gasteiger partial charge on any atom is 0.205 e. The van der Waals surface area contributed by atoms with Crippen LogP contribution in [0.2, 0.25) is 0 Å². The van der Waals surface area contributed by atoms with E-state index in [-0.39, 0.29) is 5.75 Å². The van der Waals surface area contributed by atoms with Crippen molar-refractivity contribution in [3.63, 3.8) is 0 Å². The number of phenolic OH excluding ortho intramolecular Hbond substituents is 1. The van der Waals surface area contributed by atoms with Crippen molar-refractivity contribution in [3.05, 3.63) is 28.8 Å². The second kappa shape index (κ2) is 4.82. The number of nitrogens with two attached hydrogens (primary N) is 1. The normalized spacial score (nSPS) is 11.4. The van der Waals surface area contributed by atoms with Gasteiger partial charge in [-0.2, -0.15) is 5.10 Å². The van der Waals surface area contributed by atoms with Crippen molar-refractivity contribution in [1.29, 1.82) is 0 Å². The van der Waals surface area contributed by atoms with Gasteiger partial charge in [0.25, 0.3) is 0 Å². The fraction of sp³-hybridized carbons (Fsp3) is 0.0833. The number of phenols is 1. The Morgan fingerprint density at radius 3 is 3.10 bits per heavy atom. The summed E-state index contributed by atoms with van der Waals surface area (Å²) in [5.41, 5.74) is 9.95. The third-order valence-electron chi connectivity index (χ3n) is 2.71. The lowest BCUT2D eigenvalue weighted by atomic mass is 10.1. The van der Waals surface area contributed by atoms with E-state index in [1.807, 2.05) is 6.92 Å². The average Bonchev–Trinajstić information content (AvgIpc) is 2.99.